The summed E-state index contributed by atoms with van der Waals surface area (Å²) >= 11 is 0. The van der Waals surface area contributed by atoms with Crippen LogP contribution < -0.4 is 15.4 Å². The van der Waals surface area contributed by atoms with Gasteiger partial charge < -0.3 is 20.1 Å². The van der Waals surface area contributed by atoms with E-state index in [2.05, 4.69) is 10.6 Å². The fourth-order valence-corrected chi connectivity index (χ4v) is 3.61. The van der Waals surface area contributed by atoms with E-state index in [0.29, 0.717) is 34.8 Å². The standard InChI is InChI=1S/C25H29N3O5/c1-5-28-17(4)22(24(30)33-16(2)3)23(27-25(28)31)18-10-9-11-19(14-18)26-21(29)15-32-20-12-7-6-8-13-20/h6-14,16,23H,5,15H2,1-4H3,(H,26,29)(H,27,31). The molecule has 3 rings (SSSR count). The second-order valence-corrected chi connectivity index (χ2v) is 7.86. The Bertz CT molecular complexity index is 1050. The third-order valence-electron chi connectivity index (χ3n) is 5.09. The molecule has 2 aromatic carbocycles. The molecule has 0 spiro atoms. The van der Waals surface area contributed by atoms with E-state index in [4.69, 9.17) is 9.47 Å². The van der Waals surface area contributed by atoms with E-state index in [-0.39, 0.29) is 24.6 Å². The van der Waals surface area contributed by atoms with Gasteiger partial charge in [-0.05, 0) is 57.5 Å². The lowest BCUT2D eigenvalue weighted by Gasteiger charge is -2.35. The van der Waals surface area contributed by atoms with Crippen LogP contribution in [0.2, 0.25) is 0 Å². The van der Waals surface area contributed by atoms with Crippen LogP contribution in [0.3, 0.4) is 0 Å². The first-order chi connectivity index (χ1) is 15.8. The lowest BCUT2D eigenvalue weighted by Crippen LogP contribution is -2.48. The number of amides is 3. The topological polar surface area (TPSA) is 97.0 Å². The number of para-hydroxylation sites is 1. The maximum Gasteiger partial charge on any atom is 0.338 e. The molecule has 0 aromatic heterocycles. The highest BCUT2D eigenvalue weighted by atomic mass is 16.5. The number of hydrogen-bond acceptors (Lipinski definition) is 5. The lowest BCUT2D eigenvalue weighted by atomic mass is 9.94. The average Bonchev–Trinajstić information content (AvgIpc) is 2.78. The number of nitrogens with zero attached hydrogens (tertiary/aromatic N) is 1. The highest BCUT2D eigenvalue weighted by Gasteiger charge is 2.36. The number of ether oxygens (including phenoxy) is 2. The minimum Gasteiger partial charge on any atom is -0.484 e. The molecule has 8 heteroatoms. The van der Waals surface area contributed by atoms with Crippen LogP contribution in [0.1, 0.15) is 39.3 Å². The van der Waals surface area contributed by atoms with Crippen molar-refractivity contribution in [3.05, 3.63) is 71.4 Å². The summed E-state index contributed by atoms with van der Waals surface area (Å²) in [6.07, 6.45) is -0.304. The lowest BCUT2D eigenvalue weighted by molar-refractivity contribution is -0.143. The first-order valence-corrected chi connectivity index (χ1v) is 10.9. The summed E-state index contributed by atoms with van der Waals surface area (Å²) in [4.78, 5) is 39.4. The molecule has 33 heavy (non-hydrogen) atoms. The summed E-state index contributed by atoms with van der Waals surface area (Å²) in [5, 5.41) is 5.68. The van der Waals surface area contributed by atoms with Crippen molar-refractivity contribution in [3.8, 4) is 5.75 Å². The van der Waals surface area contributed by atoms with Crippen LogP contribution in [0, 0.1) is 0 Å². The third kappa shape index (κ3) is 5.91. The van der Waals surface area contributed by atoms with Gasteiger partial charge in [-0.15, -0.1) is 0 Å². The van der Waals surface area contributed by atoms with Crippen molar-refractivity contribution < 1.29 is 23.9 Å². The summed E-state index contributed by atoms with van der Waals surface area (Å²) in [5.74, 6) is -0.218. The molecule has 1 heterocycles. The third-order valence-corrected chi connectivity index (χ3v) is 5.09. The van der Waals surface area contributed by atoms with Gasteiger partial charge in [0, 0.05) is 17.9 Å². The summed E-state index contributed by atoms with van der Waals surface area (Å²) in [7, 11) is 0. The molecule has 2 aromatic rings. The zero-order valence-corrected chi connectivity index (χ0v) is 19.3. The summed E-state index contributed by atoms with van der Waals surface area (Å²) in [6, 6.07) is 15.1. The predicted molar refractivity (Wildman–Crippen MR) is 125 cm³/mol. The Balaban J connectivity index is 1.81. The largest absolute Gasteiger partial charge is 0.484 e. The molecule has 1 atom stereocenters. The number of hydrogen-bond donors (Lipinski definition) is 2. The second kappa shape index (κ2) is 10.7. The van der Waals surface area contributed by atoms with Crippen LogP contribution in [0.4, 0.5) is 10.5 Å². The van der Waals surface area contributed by atoms with Gasteiger partial charge >= 0.3 is 12.0 Å². The highest BCUT2D eigenvalue weighted by Crippen LogP contribution is 2.32. The average molecular weight is 452 g/mol. The quantitative estimate of drug-likeness (QED) is 0.591. The molecule has 3 amide bonds. The molecule has 174 valence electrons. The van der Waals surface area contributed by atoms with Crippen LogP contribution in [-0.2, 0) is 14.3 Å². The van der Waals surface area contributed by atoms with Gasteiger partial charge in [-0.3, -0.25) is 9.69 Å². The zero-order chi connectivity index (χ0) is 24.0. The maximum atomic E-state index is 12.9. The Hall–Kier alpha value is -3.81. The van der Waals surface area contributed by atoms with E-state index < -0.39 is 12.0 Å². The molecule has 0 saturated carbocycles. The van der Waals surface area contributed by atoms with Crippen molar-refractivity contribution in [2.75, 3.05) is 18.5 Å². The molecule has 0 saturated heterocycles. The molecule has 0 fully saturated rings. The van der Waals surface area contributed by atoms with Crippen LogP contribution in [0.25, 0.3) is 0 Å². The van der Waals surface area contributed by atoms with Crippen LogP contribution in [0.15, 0.2) is 65.9 Å². The number of carbonyl (C=O) groups excluding carboxylic acids is 3. The van der Waals surface area contributed by atoms with Gasteiger partial charge in [0.15, 0.2) is 6.61 Å². The Morgan fingerprint density at radius 2 is 1.85 bits per heavy atom. The molecular formula is C25H29N3O5. The molecule has 0 bridgehead atoms. The Kier molecular flexibility index (Phi) is 7.71. The molecule has 1 aliphatic heterocycles. The van der Waals surface area contributed by atoms with Crippen molar-refractivity contribution in [2.45, 2.75) is 39.8 Å². The van der Waals surface area contributed by atoms with Gasteiger partial charge in [0.1, 0.15) is 5.75 Å². The number of nitrogens with one attached hydrogen (secondary N) is 2. The number of allylic oxidation sites excluding steroid dienone is 1. The number of rotatable bonds is 8. The smallest absolute Gasteiger partial charge is 0.338 e. The molecular weight excluding hydrogens is 422 g/mol. The second-order valence-electron chi connectivity index (χ2n) is 7.86. The molecule has 0 aliphatic carbocycles. The highest BCUT2D eigenvalue weighted by molar-refractivity contribution is 5.95. The SMILES string of the molecule is CCN1C(=O)NC(c2cccc(NC(=O)COc3ccccc3)c2)C(C(=O)OC(C)C)=C1C. The van der Waals surface area contributed by atoms with E-state index in [1.807, 2.05) is 25.1 Å². The Labute approximate surface area is 193 Å². The minimum absolute atomic E-state index is 0.148. The fraction of sp³-hybridized carbons (Fsp3) is 0.320. The van der Waals surface area contributed by atoms with E-state index in [0.717, 1.165) is 0 Å². The number of benzene rings is 2. The first-order valence-electron chi connectivity index (χ1n) is 10.9. The predicted octanol–water partition coefficient (Wildman–Crippen LogP) is 4.02. The van der Waals surface area contributed by atoms with Gasteiger partial charge in [0.25, 0.3) is 5.91 Å². The number of carbonyl (C=O) groups is 3. The van der Waals surface area contributed by atoms with Crippen LogP contribution in [-0.4, -0.2) is 42.1 Å². The van der Waals surface area contributed by atoms with Gasteiger partial charge in [-0.25, -0.2) is 9.59 Å². The van der Waals surface area contributed by atoms with Gasteiger partial charge in [0.05, 0.1) is 17.7 Å². The number of urea groups is 1. The van der Waals surface area contributed by atoms with Crippen molar-refractivity contribution in [1.82, 2.24) is 10.2 Å². The molecule has 1 aliphatic rings. The van der Waals surface area contributed by atoms with Crippen molar-refractivity contribution >= 4 is 23.6 Å². The maximum absolute atomic E-state index is 12.9. The molecule has 8 nitrogen and oxygen atoms in total. The van der Waals surface area contributed by atoms with E-state index in [9.17, 15) is 14.4 Å². The molecule has 2 N–H and O–H groups in total. The van der Waals surface area contributed by atoms with E-state index >= 15 is 0 Å². The Morgan fingerprint density at radius 3 is 2.52 bits per heavy atom. The van der Waals surface area contributed by atoms with Crippen LogP contribution >= 0.6 is 0 Å². The summed E-state index contributed by atoms with van der Waals surface area (Å²) in [6.45, 7) is 7.39. The number of anilines is 1. The number of esters is 1. The van der Waals surface area contributed by atoms with Crippen LogP contribution in [0.5, 0.6) is 5.75 Å². The van der Waals surface area contributed by atoms with Gasteiger partial charge in [-0.2, -0.15) is 0 Å². The minimum atomic E-state index is -0.705. The Morgan fingerprint density at radius 1 is 1.12 bits per heavy atom. The normalized spacial score (nSPS) is 15.8. The van der Waals surface area contributed by atoms with E-state index in [1.54, 1.807) is 57.2 Å². The van der Waals surface area contributed by atoms with Crippen molar-refractivity contribution in [1.29, 1.82) is 0 Å². The summed E-state index contributed by atoms with van der Waals surface area (Å²) < 4.78 is 10.9. The summed E-state index contributed by atoms with van der Waals surface area (Å²) in [5.41, 5.74) is 2.08. The molecule has 1 unspecified atom stereocenters. The fourth-order valence-electron chi connectivity index (χ4n) is 3.61. The zero-order valence-electron chi connectivity index (χ0n) is 19.3. The van der Waals surface area contributed by atoms with Crippen molar-refractivity contribution in [2.24, 2.45) is 0 Å². The van der Waals surface area contributed by atoms with E-state index in [1.165, 1.54) is 4.90 Å². The van der Waals surface area contributed by atoms with Gasteiger partial charge in [-0.1, -0.05) is 30.3 Å². The molecule has 0 radical (unpaired) electrons. The van der Waals surface area contributed by atoms with Crippen molar-refractivity contribution in [3.63, 3.8) is 0 Å². The first kappa shape index (κ1) is 23.8. The monoisotopic (exact) mass is 451 g/mol. The van der Waals surface area contributed by atoms with Gasteiger partial charge in [0.2, 0.25) is 0 Å².